The molecule has 1 N–H and O–H groups in total. The van der Waals surface area contributed by atoms with E-state index in [4.69, 9.17) is 4.74 Å². The van der Waals surface area contributed by atoms with Gasteiger partial charge in [0.25, 0.3) is 17.4 Å². The summed E-state index contributed by atoms with van der Waals surface area (Å²) in [6.07, 6.45) is 0. The number of carbonyl (C=O) groups is 2. The van der Waals surface area contributed by atoms with Crippen LogP contribution in [0.2, 0.25) is 0 Å². The summed E-state index contributed by atoms with van der Waals surface area (Å²) in [7, 11) is 0. The molecule has 1 aliphatic heterocycles. The average Bonchev–Trinajstić information content (AvgIpc) is 3.10. The summed E-state index contributed by atoms with van der Waals surface area (Å²) in [6.45, 7) is 4.19. The number of non-ortho nitro benzene ring substituents is 1. The van der Waals surface area contributed by atoms with Crippen molar-refractivity contribution in [1.82, 2.24) is 0 Å². The Morgan fingerprint density at radius 2 is 1.76 bits per heavy atom. The zero-order valence-electron chi connectivity index (χ0n) is 18.6. The molecule has 0 saturated carbocycles. The normalized spacial score (nSPS) is 17.1. The van der Waals surface area contributed by atoms with Crippen LogP contribution in [-0.4, -0.2) is 28.3 Å². The third-order valence-electron chi connectivity index (χ3n) is 5.68. The summed E-state index contributed by atoms with van der Waals surface area (Å²) in [4.78, 5) is 38.4. The number of nitrogens with zero attached hydrogens (tertiary/aromatic N) is 2. The number of benzene rings is 3. The lowest BCUT2D eigenvalue weighted by Crippen LogP contribution is -2.29. The van der Waals surface area contributed by atoms with Crippen molar-refractivity contribution in [3.8, 4) is 5.75 Å². The second kappa shape index (κ2) is 9.19. The van der Waals surface area contributed by atoms with E-state index in [1.807, 2.05) is 26.0 Å². The molecule has 3 aromatic carbocycles. The highest BCUT2D eigenvalue weighted by Gasteiger charge is 2.47. The van der Waals surface area contributed by atoms with Gasteiger partial charge in [0.2, 0.25) is 0 Å². The number of nitro benzene ring substituents is 1. The predicted octanol–water partition coefficient (Wildman–Crippen LogP) is 4.93. The third kappa shape index (κ3) is 4.01. The van der Waals surface area contributed by atoms with E-state index in [1.54, 1.807) is 36.4 Å². The SMILES string of the molecule is CCOc1ccc(N2C(=O)C(=O)/C(=C(/O)c3cccc([N+](=O)[O-])c3)C2c2ccccc2C)cc1. The molecule has 1 saturated heterocycles. The minimum atomic E-state index is -0.918. The number of nitro groups is 1. The largest absolute Gasteiger partial charge is 0.507 e. The summed E-state index contributed by atoms with van der Waals surface area (Å²) in [5.41, 5.74) is 1.64. The highest BCUT2D eigenvalue weighted by atomic mass is 16.6. The molecule has 34 heavy (non-hydrogen) atoms. The number of rotatable bonds is 6. The Bertz CT molecular complexity index is 1310. The van der Waals surface area contributed by atoms with Crippen LogP contribution in [0.1, 0.15) is 29.7 Å². The molecule has 1 aliphatic rings. The Balaban J connectivity index is 1.92. The number of Topliss-reactive ketones (excluding diaryl/α,β-unsaturated/α-hetero) is 1. The van der Waals surface area contributed by atoms with Crippen molar-refractivity contribution in [1.29, 1.82) is 0 Å². The number of hydrogen-bond donors (Lipinski definition) is 1. The number of aryl methyl sites for hydroxylation is 1. The van der Waals surface area contributed by atoms with Gasteiger partial charge in [0.05, 0.1) is 23.1 Å². The third-order valence-corrected chi connectivity index (χ3v) is 5.68. The first kappa shape index (κ1) is 22.7. The lowest BCUT2D eigenvalue weighted by Gasteiger charge is -2.26. The minimum Gasteiger partial charge on any atom is -0.507 e. The Kier molecular flexibility index (Phi) is 6.14. The molecule has 0 radical (unpaired) electrons. The maximum Gasteiger partial charge on any atom is 0.300 e. The molecular formula is C26H22N2O6. The molecule has 1 atom stereocenters. The van der Waals surface area contributed by atoms with Crippen LogP contribution < -0.4 is 9.64 Å². The molecule has 3 aromatic rings. The van der Waals surface area contributed by atoms with Gasteiger partial charge in [0.15, 0.2) is 0 Å². The van der Waals surface area contributed by atoms with Gasteiger partial charge < -0.3 is 9.84 Å². The number of anilines is 1. The first-order valence-electron chi connectivity index (χ1n) is 10.7. The Labute approximate surface area is 195 Å². The fraction of sp³-hybridized carbons (Fsp3) is 0.154. The molecule has 1 heterocycles. The summed E-state index contributed by atoms with van der Waals surface area (Å²) in [5, 5.41) is 22.4. The van der Waals surface area contributed by atoms with E-state index in [2.05, 4.69) is 0 Å². The molecule has 1 unspecified atom stereocenters. The zero-order valence-corrected chi connectivity index (χ0v) is 18.6. The van der Waals surface area contributed by atoms with Crippen LogP contribution in [-0.2, 0) is 9.59 Å². The molecular weight excluding hydrogens is 436 g/mol. The molecule has 0 spiro atoms. The molecule has 1 fully saturated rings. The highest BCUT2D eigenvalue weighted by Crippen LogP contribution is 2.43. The van der Waals surface area contributed by atoms with Crippen molar-refractivity contribution < 1.29 is 24.4 Å². The predicted molar refractivity (Wildman–Crippen MR) is 127 cm³/mol. The monoisotopic (exact) mass is 458 g/mol. The number of hydrogen-bond acceptors (Lipinski definition) is 6. The van der Waals surface area contributed by atoms with Crippen LogP contribution >= 0.6 is 0 Å². The lowest BCUT2D eigenvalue weighted by atomic mass is 9.92. The van der Waals surface area contributed by atoms with Gasteiger partial charge in [-0.05, 0) is 49.2 Å². The van der Waals surface area contributed by atoms with Crippen LogP contribution in [0.3, 0.4) is 0 Å². The Hall–Kier alpha value is -4.46. The van der Waals surface area contributed by atoms with Crippen LogP contribution in [0.15, 0.2) is 78.4 Å². The molecule has 0 aromatic heterocycles. The number of aliphatic hydroxyl groups is 1. The number of carbonyl (C=O) groups excluding carboxylic acids is 2. The van der Waals surface area contributed by atoms with Gasteiger partial charge in [-0.3, -0.25) is 24.6 Å². The second-order valence-corrected chi connectivity index (χ2v) is 7.76. The van der Waals surface area contributed by atoms with Gasteiger partial charge in [-0.15, -0.1) is 0 Å². The van der Waals surface area contributed by atoms with Crippen LogP contribution in [0.5, 0.6) is 5.75 Å². The summed E-state index contributed by atoms with van der Waals surface area (Å²) in [5.74, 6) is -1.52. The van der Waals surface area contributed by atoms with Gasteiger partial charge >= 0.3 is 0 Å². The van der Waals surface area contributed by atoms with Gasteiger partial charge in [-0.1, -0.05) is 36.4 Å². The van der Waals surface area contributed by atoms with Crippen molar-refractivity contribution in [2.45, 2.75) is 19.9 Å². The lowest BCUT2D eigenvalue weighted by molar-refractivity contribution is -0.384. The first-order valence-corrected chi connectivity index (χ1v) is 10.7. The van der Waals surface area contributed by atoms with Gasteiger partial charge in [0, 0.05) is 23.4 Å². The maximum absolute atomic E-state index is 13.2. The van der Waals surface area contributed by atoms with Crippen LogP contribution in [0.4, 0.5) is 11.4 Å². The molecule has 8 nitrogen and oxygen atoms in total. The van der Waals surface area contributed by atoms with Crippen molar-refractivity contribution in [3.63, 3.8) is 0 Å². The van der Waals surface area contributed by atoms with E-state index in [9.17, 15) is 24.8 Å². The first-order chi connectivity index (χ1) is 16.3. The van der Waals surface area contributed by atoms with Crippen molar-refractivity contribution >= 4 is 28.8 Å². The molecule has 0 bridgehead atoms. The zero-order chi connectivity index (χ0) is 24.4. The van der Waals surface area contributed by atoms with E-state index < -0.39 is 28.4 Å². The fourth-order valence-electron chi connectivity index (χ4n) is 4.08. The standard InChI is InChI=1S/C26H22N2O6/c1-3-34-20-13-11-18(12-14-20)27-23(21-10-5-4-7-16(21)2)22(25(30)26(27)31)24(29)17-8-6-9-19(15-17)28(32)33/h4-15,23,29H,3H2,1-2H3/b24-22+. The average molecular weight is 458 g/mol. The molecule has 8 heteroatoms. The van der Waals surface area contributed by atoms with Gasteiger partial charge in [0.1, 0.15) is 11.5 Å². The van der Waals surface area contributed by atoms with Crippen molar-refractivity contribution in [2.75, 3.05) is 11.5 Å². The Morgan fingerprint density at radius 1 is 1.06 bits per heavy atom. The van der Waals surface area contributed by atoms with E-state index in [0.29, 0.717) is 23.6 Å². The van der Waals surface area contributed by atoms with Crippen molar-refractivity contribution in [3.05, 3.63) is 105 Å². The Morgan fingerprint density at radius 3 is 2.41 bits per heavy atom. The van der Waals surface area contributed by atoms with E-state index in [-0.39, 0.29) is 16.8 Å². The minimum absolute atomic E-state index is 0.0810. The fourth-order valence-corrected chi connectivity index (χ4v) is 4.08. The molecule has 0 aliphatic carbocycles. The van der Waals surface area contributed by atoms with E-state index in [0.717, 1.165) is 5.56 Å². The van der Waals surface area contributed by atoms with Crippen LogP contribution in [0, 0.1) is 17.0 Å². The van der Waals surface area contributed by atoms with Gasteiger partial charge in [-0.2, -0.15) is 0 Å². The number of ketones is 1. The quantitative estimate of drug-likeness (QED) is 0.184. The smallest absolute Gasteiger partial charge is 0.300 e. The number of ether oxygens (including phenoxy) is 1. The van der Waals surface area contributed by atoms with E-state index >= 15 is 0 Å². The second-order valence-electron chi connectivity index (χ2n) is 7.76. The number of amides is 1. The van der Waals surface area contributed by atoms with Crippen molar-refractivity contribution in [2.24, 2.45) is 0 Å². The summed E-state index contributed by atoms with van der Waals surface area (Å²) >= 11 is 0. The molecule has 4 rings (SSSR count). The topological polar surface area (TPSA) is 110 Å². The molecule has 1 amide bonds. The van der Waals surface area contributed by atoms with Crippen LogP contribution in [0.25, 0.3) is 5.76 Å². The van der Waals surface area contributed by atoms with Gasteiger partial charge in [-0.25, -0.2) is 0 Å². The van der Waals surface area contributed by atoms with E-state index in [1.165, 1.54) is 29.2 Å². The maximum atomic E-state index is 13.2. The highest BCUT2D eigenvalue weighted by molar-refractivity contribution is 6.51. The summed E-state index contributed by atoms with van der Waals surface area (Å²) in [6, 6.07) is 18.4. The number of aliphatic hydroxyl groups excluding tert-OH is 1. The molecule has 172 valence electrons. The summed E-state index contributed by atoms with van der Waals surface area (Å²) < 4.78 is 5.48.